The number of hydrogen-bond acceptors (Lipinski definition) is 2. The quantitative estimate of drug-likeness (QED) is 0.703. The van der Waals surface area contributed by atoms with Crippen molar-refractivity contribution >= 4 is 26.0 Å². The summed E-state index contributed by atoms with van der Waals surface area (Å²) in [5.41, 5.74) is 0. The Labute approximate surface area is 95.8 Å². The maximum atomic E-state index is 12.1. The molecular weight excluding hydrogens is 299 g/mol. The summed E-state index contributed by atoms with van der Waals surface area (Å²) in [5, 5.41) is 0.187. The third-order valence-electron chi connectivity index (χ3n) is 1.55. The number of nitrogens with zero attached hydrogens (tertiary/aromatic N) is 1. The van der Waals surface area contributed by atoms with Crippen LogP contribution in [0, 0.1) is 0 Å². The van der Waals surface area contributed by atoms with E-state index in [2.05, 4.69) is 15.9 Å². The lowest BCUT2D eigenvalue weighted by Gasteiger charge is -2.22. The topological polar surface area (TPSA) is 37.4 Å². The van der Waals surface area contributed by atoms with E-state index in [1.54, 1.807) is 6.92 Å². The van der Waals surface area contributed by atoms with Crippen molar-refractivity contribution in [2.75, 3.05) is 24.2 Å². The first-order valence-corrected chi connectivity index (χ1v) is 7.06. The normalized spacial score (nSPS) is 13.5. The van der Waals surface area contributed by atoms with E-state index in [0.29, 0.717) is 10.7 Å². The molecule has 0 N–H and O–H groups in total. The highest BCUT2D eigenvalue weighted by atomic mass is 79.9. The Morgan fingerprint density at radius 3 is 2.20 bits per heavy atom. The first-order chi connectivity index (χ1) is 6.73. The lowest BCUT2D eigenvalue weighted by Crippen LogP contribution is -2.41. The van der Waals surface area contributed by atoms with E-state index in [9.17, 15) is 21.6 Å². The molecule has 0 spiro atoms. The van der Waals surface area contributed by atoms with Gasteiger partial charge in [0.05, 0.1) is 5.75 Å². The Kier molecular flexibility index (Phi) is 6.12. The molecular formula is C7H13BrF3NO2S. The van der Waals surface area contributed by atoms with Crippen LogP contribution in [-0.4, -0.2) is 43.1 Å². The minimum Gasteiger partial charge on any atom is -0.212 e. The molecule has 0 aliphatic carbocycles. The summed E-state index contributed by atoms with van der Waals surface area (Å²) in [6.07, 6.45) is -4.19. The molecule has 0 saturated carbocycles. The smallest absolute Gasteiger partial charge is 0.212 e. The van der Waals surface area contributed by atoms with Gasteiger partial charge in [0.25, 0.3) is 0 Å². The summed E-state index contributed by atoms with van der Waals surface area (Å²) in [6, 6.07) is 0. The number of alkyl halides is 4. The van der Waals surface area contributed by atoms with Crippen LogP contribution in [0.1, 0.15) is 13.3 Å². The van der Waals surface area contributed by atoms with E-state index in [-0.39, 0.29) is 17.6 Å². The second-order valence-electron chi connectivity index (χ2n) is 2.95. The van der Waals surface area contributed by atoms with Gasteiger partial charge < -0.3 is 0 Å². The molecule has 0 aliphatic heterocycles. The Bertz CT molecular complexity index is 278. The average molecular weight is 312 g/mol. The van der Waals surface area contributed by atoms with Crippen LogP contribution < -0.4 is 0 Å². The lowest BCUT2D eigenvalue weighted by atomic mass is 10.6. The van der Waals surface area contributed by atoms with Crippen molar-refractivity contribution in [1.82, 2.24) is 4.31 Å². The third kappa shape index (κ3) is 6.36. The zero-order valence-electron chi connectivity index (χ0n) is 8.22. The van der Waals surface area contributed by atoms with E-state index in [4.69, 9.17) is 0 Å². The molecule has 0 rings (SSSR count). The summed E-state index contributed by atoms with van der Waals surface area (Å²) in [5.74, 6) is -0.254. The molecule has 92 valence electrons. The minimum absolute atomic E-state index is 0.165. The van der Waals surface area contributed by atoms with Crippen molar-refractivity contribution in [1.29, 1.82) is 0 Å². The molecule has 15 heavy (non-hydrogen) atoms. The van der Waals surface area contributed by atoms with E-state index in [1.165, 1.54) is 0 Å². The largest absolute Gasteiger partial charge is 0.402 e. The number of rotatable bonds is 6. The summed E-state index contributed by atoms with van der Waals surface area (Å²) < 4.78 is 59.5. The maximum absolute atomic E-state index is 12.1. The standard InChI is InChI=1S/C7H13BrF3NO2S/c1-2-5-15(13,14)12(4-3-8)6-7(9,10)11/h2-6H2,1H3. The Morgan fingerprint density at radius 2 is 1.87 bits per heavy atom. The number of halogens is 4. The molecule has 0 amide bonds. The Hall–Kier alpha value is 0.180. The maximum Gasteiger partial charge on any atom is 0.402 e. The van der Waals surface area contributed by atoms with E-state index < -0.39 is 22.7 Å². The van der Waals surface area contributed by atoms with Crippen molar-refractivity contribution in [3.8, 4) is 0 Å². The van der Waals surface area contributed by atoms with Gasteiger partial charge in [-0.15, -0.1) is 0 Å². The van der Waals surface area contributed by atoms with Crippen LogP contribution in [0.15, 0.2) is 0 Å². The summed E-state index contributed by atoms with van der Waals surface area (Å²) >= 11 is 2.93. The summed E-state index contributed by atoms with van der Waals surface area (Å²) in [6.45, 7) is 0.0280. The Balaban J connectivity index is 4.66. The number of sulfonamides is 1. The molecule has 0 aromatic heterocycles. The molecule has 3 nitrogen and oxygen atoms in total. The van der Waals surface area contributed by atoms with E-state index in [0.717, 1.165) is 0 Å². The van der Waals surface area contributed by atoms with Gasteiger partial charge in [0.1, 0.15) is 6.54 Å². The molecule has 0 bridgehead atoms. The molecule has 8 heteroatoms. The van der Waals surface area contributed by atoms with Crippen molar-refractivity contribution in [3.63, 3.8) is 0 Å². The minimum atomic E-state index is -4.50. The molecule has 0 atom stereocenters. The highest BCUT2D eigenvalue weighted by molar-refractivity contribution is 9.09. The van der Waals surface area contributed by atoms with E-state index >= 15 is 0 Å². The predicted molar refractivity (Wildman–Crippen MR) is 55.5 cm³/mol. The van der Waals surface area contributed by atoms with Crippen molar-refractivity contribution < 1.29 is 21.6 Å². The van der Waals surface area contributed by atoms with Crippen molar-refractivity contribution in [2.45, 2.75) is 19.5 Å². The van der Waals surface area contributed by atoms with Gasteiger partial charge in [-0.25, -0.2) is 8.42 Å². The van der Waals surface area contributed by atoms with Gasteiger partial charge in [0, 0.05) is 11.9 Å². The van der Waals surface area contributed by atoms with Gasteiger partial charge in [0.2, 0.25) is 10.0 Å². The van der Waals surface area contributed by atoms with Crippen LogP contribution >= 0.6 is 15.9 Å². The zero-order valence-corrected chi connectivity index (χ0v) is 10.6. The van der Waals surface area contributed by atoms with Crippen molar-refractivity contribution in [3.05, 3.63) is 0 Å². The molecule has 0 heterocycles. The molecule has 0 aliphatic rings. The summed E-state index contributed by atoms with van der Waals surface area (Å²) in [4.78, 5) is 0. The van der Waals surface area contributed by atoms with Gasteiger partial charge in [0.15, 0.2) is 0 Å². The monoisotopic (exact) mass is 311 g/mol. The van der Waals surface area contributed by atoms with Crippen LogP contribution in [0.4, 0.5) is 13.2 Å². The molecule has 0 aromatic carbocycles. The fourth-order valence-corrected chi connectivity index (χ4v) is 3.15. The zero-order chi connectivity index (χ0) is 12.1. The predicted octanol–water partition coefficient (Wildman–Crippen LogP) is 1.99. The van der Waals surface area contributed by atoms with Crippen LogP contribution in [0.3, 0.4) is 0 Å². The Morgan fingerprint density at radius 1 is 1.33 bits per heavy atom. The van der Waals surface area contributed by atoms with Crippen LogP contribution in [0.25, 0.3) is 0 Å². The first kappa shape index (κ1) is 15.2. The first-order valence-electron chi connectivity index (χ1n) is 4.33. The highest BCUT2D eigenvalue weighted by Gasteiger charge is 2.35. The molecule has 0 radical (unpaired) electrons. The molecule has 0 fully saturated rings. The van der Waals surface area contributed by atoms with Crippen molar-refractivity contribution in [2.24, 2.45) is 0 Å². The molecule has 0 saturated heterocycles. The molecule has 0 unspecified atom stereocenters. The fourth-order valence-electron chi connectivity index (χ4n) is 0.998. The second kappa shape index (κ2) is 6.05. The van der Waals surface area contributed by atoms with Gasteiger partial charge in [-0.2, -0.15) is 17.5 Å². The summed E-state index contributed by atoms with van der Waals surface area (Å²) in [7, 11) is -3.78. The number of hydrogen-bond donors (Lipinski definition) is 0. The van der Waals surface area contributed by atoms with E-state index in [1.807, 2.05) is 0 Å². The van der Waals surface area contributed by atoms with Gasteiger partial charge >= 0.3 is 6.18 Å². The average Bonchev–Trinajstić information content (AvgIpc) is 2.01. The van der Waals surface area contributed by atoms with Gasteiger partial charge in [-0.05, 0) is 6.42 Å². The highest BCUT2D eigenvalue weighted by Crippen LogP contribution is 2.19. The third-order valence-corrected chi connectivity index (χ3v) is 3.92. The van der Waals surface area contributed by atoms with Gasteiger partial charge in [-0.3, -0.25) is 0 Å². The van der Waals surface area contributed by atoms with Crippen LogP contribution in [0.2, 0.25) is 0 Å². The molecule has 0 aromatic rings. The lowest BCUT2D eigenvalue weighted by molar-refractivity contribution is -0.135. The SMILES string of the molecule is CCCS(=O)(=O)N(CCBr)CC(F)(F)F. The second-order valence-corrected chi connectivity index (χ2v) is 5.84. The fraction of sp³-hybridized carbons (Fsp3) is 1.00. The van der Waals surface area contributed by atoms with Crippen LogP contribution in [0.5, 0.6) is 0 Å². The van der Waals surface area contributed by atoms with Gasteiger partial charge in [-0.1, -0.05) is 22.9 Å². The van der Waals surface area contributed by atoms with Crippen LogP contribution in [-0.2, 0) is 10.0 Å².